The monoisotopic (exact) mass is 293 g/mol. The van der Waals surface area contributed by atoms with Gasteiger partial charge in [0.25, 0.3) is 0 Å². The molecule has 0 aliphatic heterocycles. The van der Waals surface area contributed by atoms with E-state index in [0.29, 0.717) is 5.02 Å². The molecule has 1 atom stereocenters. The second kappa shape index (κ2) is 7.36. The number of aromatic nitrogens is 4. The van der Waals surface area contributed by atoms with Crippen LogP contribution in [0.15, 0.2) is 24.7 Å². The average molecular weight is 294 g/mol. The Labute approximate surface area is 124 Å². The van der Waals surface area contributed by atoms with Crippen LogP contribution in [0.3, 0.4) is 0 Å². The number of hydrogen-bond acceptors (Lipinski definition) is 4. The van der Waals surface area contributed by atoms with E-state index < -0.39 is 0 Å². The highest BCUT2D eigenvalue weighted by Gasteiger charge is 2.18. The number of likely N-dealkylation sites (N-methyl/N-ethyl adjacent to an activating group) is 1. The quantitative estimate of drug-likeness (QED) is 0.852. The van der Waals surface area contributed by atoms with Crippen LogP contribution in [-0.4, -0.2) is 26.3 Å². The summed E-state index contributed by atoms with van der Waals surface area (Å²) >= 11 is 6.25. The van der Waals surface area contributed by atoms with E-state index >= 15 is 0 Å². The number of pyridine rings is 1. The van der Waals surface area contributed by atoms with Crippen LogP contribution in [-0.2, 0) is 13.0 Å². The summed E-state index contributed by atoms with van der Waals surface area (Å²) in [5, 5.41) is 8.36. The van der Waals surface area contributed by atoms with Crippen LogP contribution in [0.1, 0.15) is 37.8 Å². The van der Waals surface area contributed by atoms with Gasteiger partial charge in [-0.05, 0) is 25.1 Å². The lowest BCUT2D eigenvalue weighted by molar-refractivity contribution is 0.491. The maximum Gasteiger partial charge on any atom is 0.138 e. The minimum atomic E-state index is 0.0495. The van der Waals surface area contributed by atoms with Crippen molar-refractivity contribution in [2.75, 3.05) is 6.54 Å². The first-order chi connectivity index (χ1) is 9.76. The fraction of sp³-hybridized carbons (Fsp3) is 0.500. The SMILES string of the molecule is CCCn1ncnc1CC(NCC)c1ncccc1Cl. The summed E-state index contributed by atoms with van der Waals surface area (Å²) in [4.78, 5) is 8.75. The predicted molar refractivity (Wildman–Crippen MR) is 79.7 cm³/mol. The third kappa shape index (κ3) is 3.55. The molecule has 2 aromatic heterocycles. The molecule has 0 radical (unpaired) electrons. The summed E-state index contributed by atoms with van der Waals surface area (Å²) in [6, 6.07) is 3.76. The van der Waals surface area contributed by atoms with E-state index in [1.54, 1.807) is 12.5 Å². The zero-order valence-corrected chi connectivity index (χ0v) is 12.6. The summed E-state index contributed by atoms with van der Waals surface area (Å²) in [5.74, 6) is 0.958. The van der Waals surface area contributed by atoms with Gasteiger partial charge in [-0.3, -0.25) is 9.67 Å². The highest BCUT2D eigenvalue weighted by atomic mass is 35.5. The number of hydrogen-bond donors (Lipinski definition) is 1. The molecule has 0 aromatic carbocycles. The van der Waals surface area contributed by atoms with Crippen LogP contribution in [0.5, 0.6) is 0 Å². The molecule has 2 rings (SSSR count). The van der Waals surface area contributed by atoms with Crippen LogP contribution in [0.2, 0.25) is 5.02 Å². The first-order valence-corrected chi connectivity index (χ1v) is 7.34. The lowest BCUT2D eigenvalue weighted by atomic mass is 10.1. The molecule has 0 fully saturated rings. The van der Waals surface area contributed by atoms with Crippen LogP contribution in [0.25, 0.3) is 0 Å². The van der Waals surface area contributed by atoms with Crippen molar-refractivity contribution in [2.24, 2.45) is 0 Å². The van der Waals surface area contributed by atoms with E-state index in [1.165, 1.54) is 0 Å². The Morgan fingerprint density at radius 2 is 2.20 bits per heavy atom. The van der Waals surface area contributed by atoms with Gasteiger partial charge < -0.3 is 5.32 Å². The number of halogens is 1. The van der Waals surface area contributed by atoms with Crippen molar-refractivity contribution >= 4 is 11.6 Å². The molecule has 0 spiro atoms. The second-order valence-corrected chi connectivity index (χ2v) is 4.99. The van der Waals surface area contributed by atoms with E-state index in [4.69, 9.17) is 11.6 Å². The van der Waals surface area contributed by atoms with Crippen LogP contribution in [0.4, 0.5) is 0 Å². The summed E-state index contributed by atoms with van der Waals surface area (Å²) in [6.45, 7) is 5.92. The number of rotatable bonds is 7. The molecule has 0 aliphatic rings. The Morgan fingerprint density at radius 3 is 2.90 bits per heavy atom. The Bertz CT molecular complexity index is 540. The Balaban J connectivity index is 2.21. The van der Waals surface area contributed by atoms with Crippen molar-refractivity contribution in [3.05, 3.63) is 41.2 Å². The second-order valence-electron chi connectivity index (χ2n) is 4.58. The third-order valence-corrected chi connectivity index (χ3v) is 3.40. The molecule has 0 saturated carbocycles. The molecule has 0 bridgehead atoms. The first kappa shape index (κ1) is 14.9. The van der Waals surface area contributed by atoms with Crippen LogP contribution >= 0.6 is 11.6 Å². The minimum Gasteiger partial charge on any atom is -0.308 e. The highest BCUT2D eigenvalue weighted by Crippen LogP contribution is 2.22. The molecule has 0 aliphatic carbocycles. The fourth-order valence-electron chi connectivity index (χ4n) is 2.19. The zero-order valence-electron chi connectivity index (χ0n) is 11.9. The Morgan fingerprint density at radius 1 is 1.35 bits per heavy atom. The Kier molecular flexibility index (Phi) is 5.49. The molecule has 1 N–H and O–H groups in total. The molecular weight excluding hydrogens is 274 g/mol. The molecular formula is C14H20ClN5. The molecule has 6 heteroatoms. The summed E-state index contributed by atoms with van der Waals surface area (Å²) in [5.41, 5.74) is 0.863. The smallest absolute Gasteiger partial charge is 0.138 e. The van der Waals surface area contributed by atoms with Crippen molar-refractivity contribution in [3.63, 3.8) is 0 Å². The van der Waals surface area contributed by atoms with Gasteiger partial charge in [0.15, 0.2) is 0 Å². The summed E-state index contributed by atoms with van der Waals surface area (Å²) in [6.07, 6.45) is 5.13. The molecule has 108 valence electrons. The zero-order chi connectivity index (χ0) is 14.4. The topological polar surface area (TPSA) is 55.6 Å². The molecule has 5 nitrogen and oxygen atoms in total. The minimum absolute atomic E-state index is 0.0495. The summed E-state index contributed by atoms with van der Waals surface area (Å²) in [7, 11) is 0. The van der Waals surface area contributed by atoms with Gasteiger partial charge in [-0.25, -0.2) is 4.98 Å². The van der Waals surface area contributed by atoms with E-state index in [-0.39, 0.29) is 6.04 Å². The highest BCUT2D eigenvalue weighted by molar-refractivity contribution is 6.31. The number of nitrogens with one attached hydrogen (secondary N) is 1. The molecule has 2 aromatic rings. The lowest BCUT2D eigenvalue weighted by Crippen LogP contribution is -2.25. The third-order valence-electron chi connectivity index (χ3n) is 3.09. The molecule has 2 heterocycles. The van der Waals surface area contributed by atoms with Crippen molar-refractivity contribution in [1.82, 2.24) is 25.1 Å². The standard InChI is InChI=1S/C14H20ClN5/c1-3-8-20-13(18-10-19-20)9-12(16-4-2)14-11(15)6-5-7-17-14/h5-7,10,12,16H,3-4,8-9H2,1-2H3. The van der Waals surface area contributed by atoms with E-state index in [1.807, 2.05) is 16.8 Å². The molecule has 0 saturated heterocycles. The van der Waals surface area contributed by atoms with Gasteiger partial charge in [0, 0.05) is 19.2 Å². The molecule has 0 amide bonds. The maximum atomic E-state index is 6.25. The van der Waals surface area contributed by atoms with Gasteiger partial charge in [-0.2, -0.15) is 5.10 Å². The fourth-order valence-corrected chi connectivity index (χ4v) is 2.45. The number of nitrogens with zero attached hydrogens (tertiary/aromatic N) is 4. The van der Waals surface area contributed by atoms with Gasteiger partial charge in [0.1, 0.15) is 12.2 Å². The van der Waals surface area contributed by atoms with Crippen LogP contribution < -0.4 is 5.32 Å². The van der Waals surface area contributed by atoms with Crippen molar-refractivity contribution in [3.8, 4) is 0 Å². The molecule has 1 unspecified atom stereocenters. The Hall–Kier alpha value is -1.46. The maximum absolute atomic E-state index is 6.25. The van der Waals surface area contributed by atoms with Gasteiger partial charge >= 0.3 is 0 Å². The van der Waals surface area contributed by atoms with E-state index in [9.17, 15) is 0 Å². The number of aryl methyl sites for hydroxylation is 1. The molecule has 20 heavy (non-hydrogen) atoms. The van der Waals surface area contributed by atoms with Crippen molar-refractivity contribution < 1.29 is 0 Å². The van der Waals surface area contributed by atoms with E-state index in [2.05, 4.69) is 34.2 Å². The van der Waals surface area contributed by atoms with Crippen molar-refractivity contribution in [2.45, 2.75) is 39.3 Å². The first-order valence-electron chi connectivity index (χ1n) is 6.96. The predicted octanol–water partition coefficient (Wildman–Crippen LogP) is 2.63. The largest absolute Gasteiger partial charge is 0.308 e. The summed E-state index contributed by atoms with van der Waals surface area (Å²) < 4.78 is 1.95. The lowest BCUT2D eigenvalue weighted by Gasteiger charge is -2.18. The van der Waals surface area contributed by atoms with Crippen molar-refractivity contribution in [1.29, 1.82) is 0 Å². The normalized spacial score (nSPS) is 12.6. The van der Waals surface area contributed by atoms with Gasteiger partial charge in [-0.1, -0.05) is 25.4 Å². The van der Waals surface area contributed by atoms with Gasteiger partial charge in [-0.15, -0.1) is 0 Å². The van der Waals surface area contributed by atoms with Crippen LogP contribution in [0, 0.1) is 0 Å². The van der Waals surface area contributed by atoms with E-state index in [0.717, 1.165) is 37.4 Å². The van der Waals surface area contributed by atoms with Gasteiger partial charge in [0.05, 0.1) is 16.8 Å². The average Bonchev–Trinajstić information content (AvgIpc) is 2.87. The van der Waals surface area contributed by atoms with Gasteiger partial charge in [0.2, 0.25) is 0 Å².